The summed E-state index contributed by atoms with van der Waals surface area (Å²) in [4.78, 5) is 11.2. The Morgan fingerprint density at radius 2 is 2.13 bits per heavy atom. The number of allylic oxidation sites excluding steroid dienone is 1. The van der Waals surface area contributed by atoms with Gasteiger partial charge in [0.25, 0.3) is 0 Å². The van der Waals surface area contributed by atoms with Gasteiger partial charge in [-0.05, 0) is 44.0 Å². The minimum Gasteiger partial charge on any atom is -0.354 e. The van der Waals surface area contributed by atoms with Crippen LogP contribution in [0.5, 0.6) is 0 Å². The molecule has 0 spiro atoms. The molecule has 3 aromatic rings. The molecule has 30 heavy (non-hydrogen) atoms. The summed E-state index contributed by atoms with van der Waals surface area (Å²) >= 11 is 0. The maximum atomic E-state index is 10.0. The van der Waals surface area contributed by atoms with E-state index in [0.29, 0.717) is 23.8 Å². The van der Waals surface area contributed by atoms with Crippen LogP contribution in [0.3, 0.4) is 0 Å². The lowest BCUT2D eigenvalue weighted by Gasteiger charge is -2.19. The molecule has 152 valence electrons. The van der Waals surface area contributed by atoms with E-state index in [1.165, 1.54) is 0 Å². The molecule has 0 bridgehead atoms. The van der Waals surface area contributed by atoms with Crippen LogP contribution in [0.15, 0.2) is 54.7 Å². The molecular formula is C22H24N8. The molecule has 2 aromatic heterocycles. The monoisotopic (exact) mass is 400 g/mol. The quantitative estimate of drug-likeness (QED) is 0.462. The van der Waals surface area contributed by atoms with Gasteiger partial charge < -0.3 is 15.5 Å². The van der Waals surface area contributed by atoms with Crippen LogP contribution >= 0.6 is 0 Å². The molecule has 1 aromatic carbocycles. The van der Waals surface area contributed by atoms with E-state index in [1.54, 1.807) is 12.4 Å². The highest BCUT2D eigenvalue weighted by atomic mass is 15.3. The molecule has 0 unspecified atom stereocenters. The van der Waals surface area contributed by atoms with Crippen LogP contribution in [0.4, 0.5) is 17.3 Å². The van der Waals surface area contributed by atoms with Crippen molar-refractivity contribution in [1.29, 1.82) is 5.26 Å². The first-order valence-electron chi connectivity index (χ1n) is 10.0. The first-order valence-corrected chi connectivity index (χ1v) is 10.0. The lowest BCUT2D eigenvalue weighted by molar-refractivity contribution is 0.591. The number of fused-ring (bicyclic) bond motifs is 1. The van der Waals surface area contributed by atoms with E-state index in [9.17, 15) is 5.26 Å². The van der Waals surface area contributed by atoms with Gasteiger partial charge in [-0.3, -0.25) is 4.68 Å². The largest absolute Gasteiger partial charge is 0.354 e. The first kappa shape index (κ1) is 19.5. The molecule has 8 nitrogen and oxygen atoms in total. The maximum absolute atomic E-state index is 10.0. The fourth-order valence-electron chi connectivity index (χ4n) is 3.53. The number of nitrogens with one attached hydrogen (secondary N) is 2. The zero-order chi connectivity index (χ0) is 20.9. The Kier molecular flexibility index (Phi) is 5.61. The second kappa shape index (κ2) is 8.66. The van der Waals surface area contributed by atoms with Crippen LogP contribution in [0, 0.1) is 18.3 Å². The lowest BCUT2D eigenvalue weighted by Crippen LogP contribution is -2.22. The van der Waals surface area contributed by atoms with E-state index in [1.807, 2.05) is 48.1 Å². The van der Waals surface area contributed by atoms with Gasteiger partial charge in [-0.2, -0.15) is 10.4 Å². The first-order chi connectivity index (χ1) is 14.7. The summed E-state index contributed by atoms with van der Waals surface area (Å²) < 4.78 is 1.89. The predicted molar refractivity (Wildman–Crippen MR) is 118 cm³/mol. The van der Waals surface area contributed by atoms with Crippen LogP contribution in [0.25, 0.3) is 5.57 Å². The van der Waals surface area contributed by atoms with Crippen molar-refractivity contribution in [2.45, 2.75) is 26.8 Å². The van der Waals surface area contributed by atoms with Gasteiger partial charge in [-0.1, -0.05) is 12.1 Å². The van der Waals surface area contributed by atoms with E-state index >= 15 is 0 Å². The van der Waals surface area contributed by atoms with Crippen LogP contribution in [0.2, 0.25) is 0 Å². The third kappa shape index (κ3) is 3.82. The van der Waals surface area contributed by atoms with E-state index in [2.05, 4.69) is 43.6 Å². The van der Waals surface area contributed by atoms with Gasteiger partial charge in [0.05, 0.1) is 17.1 Å². The molecule has 8 heteroatoms. The predicted octanol–water partition coefficient (Wildman–Crippen LogP) is 3.63. The highest BCUT2D eigenvalue weighted by Gasteiger charge is 2.27. The molecule has 0 amide bonds. The SMILES string of the molecule is CCN1C(=C(C#N)c2nc(NCCCn3cccn3)ncc2C)Nc2ccccc21. The van der Waals surface area contributed by atoms with Crippen LogP contribution in [-0.4, -0.2) is 32.8 Å². The van der Waals surface area contributed by atoms with Gasteiger partial charge in [0.15, 0.2) is 0 Å². The summed E-state index contributed by atoms with van der Waals surface area (Å²) in [6.07, 6.45) is 6.36. The van der Waals surface area contributed by atoms with E-state index in [4.69, 9.17) is 0 Å². The van der Waals surface area contributed by atoms with Crippen molar-refractivity contribution >= 4 is 22.9 Å². The van der Waals surface area contributed by atoms with Gasteiger partial charge in [-0.25, -0.2) is 9.97 Å². The Balaban J connectivity index is 1.57. The number of nitriles is 1. The highest BCUT2D eigenvalue weighted by Crippen LogP contribution is 2.38. The molecular weight excluding hydrogens is 376 g/mol. The average molecular weight is 400 g/mol. The van der Waals surface area contributed by atoms with E-state index in [-0.39, 0.29) is 0 Å². The summed E-state index contributed by atoms with van der Waals surface area (Å²) in [5.74, 6) is 1.27. The molecule has 1 aliphatic rings. The third-order valence-corrected chi connectivity index (χ3v) is 5.00. The van der Waals surface area contributed by atoms with Crippen molar-refractivity contribution < 1.29 is 0 Å². The summed E-state index contributed by atoms with van der Waals surface area (Å²) in [6, 6.07) is 12.3. The van der Waals surface area contributed by atoms with Gasteiger partial charge in [0.2, 0.25) is 5.95 Å². The Labute approximate surface area is 175 Å². The standard InChI is InChI=1S/C22H24N8/c1-3-30-19-9-5-4-8-18(19)27-21(30)17(14-23)20-16(2)15-25-22(28-20)24-10-6-12-29-13-7-11-26-29/h4-5,7-9,11,13,15,27H,3,6,10,12H2,1-2H3,(H,24,25,28). The Morgan fingerprint density at radius 3 is 2.90 bits per heavy atom. The van der Waals surface area contributed by atoms with E-state index in [0.717, 1.165) is 42.3 Å². The Morgan fingerprint density at radius 1 is 1.27 bits per heavy atom. The number of anilines is 3. The Hall–Kier alpha value is -3.86. The van der Waals surface area contributed by atoms with Crippen molar-refractivity contribution in [2.75, 3.05) is 28.6 Å². The number of aromatic nitrogens is 4. The van der Waals surface area contributed by atoms with Crippen molar-refractivity contribution in [3.05, 3.63) is 66.0 Å². The fraction of sp³-hybridized carbons (Fsp3) is 0.273. The lowest BCUT2D eigenvalue weighted by atomic mass is 10.1. The minimum atomic E-state index is 0.507. The zero-order valence-electron chi connectivity index (χ0n) is 17.1. The molecule has 1 aliphatic heterocycles. The van der Waals surface area contributed by atoms with Crippen LogP contribution < -0.4 is 15.5 Å². The van der Waals surface area contributed by atoms with Gasteiger partial charge in [0, 0.05) is 38.2 Å². The molecule has 0 atom stereocenters. The van der Waals surface area contributed by atoms with Gasteiger partial charge >= 0.3 is 0 Å². The summed E-state index contributed by atoms with van der Waals surface area (Å²) in [6.45, 7) is 6.27. The van der Waals surface area contributed by atoms with Crippen molar-refractivity contribution in [3.63, 3.8) is 0 Å². The molecule has 0 saturated heterocycles. The zero-order valence-corrected chi connectivity index (χ0v) is 17.1. The van der Waals surface area contributed by atoms with Crippen molar-refractivity contribution in [2.24, 2.45) is 0 Å². The van der Waals surface area contributed by atoms with Gasteiger partial charge in [-0.15, -0.1) is 0 Å². The van der Waals surface area contributed by atoms with Crippen LogP contribution in [0.1, 0.15) is 24.6 Å². The molecule has 0 fully saturated rings. The second-order valence-electron chi connectivity index (χ2n) is 7.00. The number of para-hydroxylation sites is 2. The fourth-order valence-corrected chi connectivity index (χ4v) is 3.53. The van der Waals surface area contributed by atoms with Crippen molar-refractivity contribution in [1.82, 2.24) is 19.7 Å². The normalized spacial score (nSPS) is 14.1. The van der Waals surface area contributed by atoms with Gasteiger partial charge in [0.1, 0.15) is 17.5 Å². The minimum absolute atomic E-state index is 0.507. The smallest absolute Gasteiger partial charge is 0.223 e. The summed E-state index contributed by atoms with van der Waals surface area (Å²) in [7, 11) is 0. The molecule has 4 rings (SSSR count). The molecule has 3 heterocycles. The number of benzene rings is 1. The maximum Gasteiger partial charge on any atom is 0.223 e. The molecule has 0 radical (unpaired) electrons. The summed E-state index contributed by atoms with van der Waals surface area (Å²) in [5.41, 5.74) is 4.05. The number of aryl methyl sites for hydroxylation is 2. The van der Waals surface area contributed by atoms with E-state index < -0.39 is 0 Å². The summed E-state index contributed by atoms with van der Waals surface area (Å²) in [5, 5.41) is 20.9. The van der Waals surface area contributed by atoms with Crippen LogP contribution in [-0.2, 0) is 6.54 Å². The second-order valence-corrected chi connectivity index (χ2v) is 7.00. The third-order valence-electron chi connectivity index (χ3n) is 5.00. The average Bonchev–Trinajstić information content (AvgIpc) is 3.41. The molecule has 2 N–H and O–H groups in total. The number of hydrogen-bond donors (Lipinski definition) is 2. The number of hydrogen-bond acceptors (Lipinski definition) is 7. The number of rotatable bonds is 7. The highest BCUT2D eigenvalue weighted by molar-refractivity contribution is 5.91. The molecule has 0 aliphatic carbocycles. The molecule has 0 saturated carbocycles. The van der Waals surface area contributed by atoms with Crippen molar-refractivity contribution in [3.8, 4) is 6.07 Å². The number of nitrogens with zero attached hydrogens (tertiary/aromatic N) is 6. The topological polar surface area (TPSA) is 94.7 Å². The Bertz CT molecular complexity index is 1090.